The lowest BCUT2D eigenvalue weighted by Crippen LogP contribution is -2.58. The third-order valence-corrected chi connectivity index (χ3v) is 6.91. The van der Waals surface area contributed by atoms with Crippen molar-refractivity contribution in [2.75, 3.05) is 46.8 Å². The van der Waals surface area contributed by atoms with Crippen molar-refractivity contribution in [2.24, 2.45) is 0 Å². The molecule has 13 nitrogen and oxygen atoms in total. The maximum absolute atomic E-state index is 13.3. The van der Waals surface area contributed by atoms with E-state index >= 15 is 0 Å². The molecule has 1 amide bonds. The van der Waals surface area contributed by atoms with Crippen LogP contribution in [0.4, 0.5) is 0 Å². The molecule has 0 bridgehead atoms. The second-order valence-electron chi connectivity index (χ2n) is 15.9. The molecule has 0 aromatic rings. The zero-order valence-corrected chi connectivity index (χ0v) is 33.3. The molecular weight excluding hydrogens is 662 g/mol. The number of carbonyl (C=O) groups is 5. The summed E-state index contributed by atoms with van der Waals surface area (Å²) in [5.41, 5.74) is -3.09. The van der Waals surface area contributed by atoms with Crippen LogP contribution in [0.1, 0.15) is 146 Å². The number of esters is 4. The molecule has 0 atom stereocenters. The summed E-state index contributed by atoms with van der Waals surface area (Å²) in [6, 6.07) is 0. The maximum Gasteiger partial charge on any atom is 0.308 e. The summed E-state index contributed by atoms with van der Waals surface area (Å²) in [5, 5.41) is 3.05. The fraction of sp³-hybridized carbons (Fsp3) is 0.868. The summed E-state index contributed by atoms with van der Waals surface area (Å²) in [5.74, 6) is -1.65. The first-order chi connectivity index (χ1) is 23.7. The molecule has 0 aliphatic heterocycles. The third kappa shape index (κ3) is 30.6. The molecule has 1 N–H and O–H groups in total. The predicted molar refractivity (Wildman–Crippen MR) is 193 cm³/mol. The SMILES string of the molecule is COC(=O)CCCCCCCCCCC(=O)NC(COCCC(=O)OC(C)(C)C)(COCCC(=O)OC(C)(C)C)COCCC(=O)OC(C)(C)C. The van der Waals surface area contributed by atoms with Crippen LogP contribution in [0.15, 0.2) is 0 Å². The number of hydrogen-bond donors (Lipinski definition) is 1. The van der Waals surface area contributed by atoms with E-state index in [1.54, 1.807) is 62.3 Å². The van der Waals surface area contributed by atoms with Gasteiger partial charge < -0.3 is 38.5 Å². The molecule has 0 aliphatic rings. The van der Waals surface area contributed by atoms with Crippen LogP contribution in [0.5, 0.6) is 0 Å². The quantitative estimate of drug-likeness (QED) is 0.0583. The Morgan fingerprint density at radius 3 is 1.06 bits per heavy atom. The van der Waals surface area contributed by atoms with Gasteiger partial charge in [0, 0.05) is 12.8 Å². The first-order valence-electron chi connectivity index (χ1n) is 18.4. The Bertz CT molecular complexity index is 935. The molecule has 13 heteroatoms. The van der Waals surface area contributed by atoms with E-state index < -0.39 is 40.2 Å². The predicted octanol–water partition coefficient (Wildman–Crippen LogP) is 6.16. The summed E-state index contributed by atoms with van der Waals surface area (Å²) in [4.78, 5) is 61.4. The zero-order chi connectivity index (χ0) is 39.0. The van der Waals surface area contributed by atoms with E-state index in [1.165, 1.54) is 7.11 Å². The average molecular weight is 732 g/mol. The van der Waals surface area contributed by atoms with Crippen LogP contribution in [0.3, 0.4) is 0 Å². The van der Waals surface area contributed by atoms with Gasteiger partial charge in [-0.25, -0.2) is 0 Å². The van der Waals surface area contributed by atoms with Crippen molar-refractivity contribution in [1.82, 2.24) is 5.32 Å². The lowest BCUT2D eigenvalue weighted by molar-refractivity contribution is -0.157. The topological polar surface area (TPSA) is 162 Å². The number of carbonyl (C=O) groups excluding carboxylic acids is 5. The highest BCUT2D eigenvalue weighted by molar-refractivity contribution is 5.77. The number of methoxy groups -OCH3 is 1. The van der Waals surface area contributed by atoms with Gasteiger partial charge in [0.05, 0.1) is 66.0 Å². The van der Waals surface area contributed by atoms with Crippen molar-refractivity contribution >= 4 is 29.8 Å². The van der Waals surface area contributed by atoms with Crippen LogP contribution in [-0.4, -0.2) is 98.9 Å². The molecule has 0 rings (SSSR count). The minimum Gasteiger partial charge on any atom is -0.469 e. The first kappa shape index (κ1) is 48.2. The Hall–Kier alpha value is -2.77. The van der Waals surface area contributed by atoms with Gasteiger partial charge in [-0.05, 0) is 75.2 Å². The van der Waals surface area contributed by atoms with E-state index in [0.717, 1.165) is 44.9 Å². The second kappa shape index (κ2) is 25.2. The maximum atomic E-state index is 13.3. The van der Waals surface area contributed by atoms with Crippen LogP contribution in [0, 0.1) is 0 Å². The largest absolute Gasteiger partial charge is 0.469 e. The second-order valence-corrected chi connectivity index (χ2v) is 15.9. The van der Waals surface area contributed by atoms with E-state index in [9.17, 15) is 24.0 Å². The lowest BCUT2D eigenvalue weighted by atomic mass is 10.0. The summed E-state index contributed by atoms with van der Waals surface area (Å²) in [7, 11) is 1.40. The molecule has 51 heavy (non-hydrogen) atoms. The summed E-state index contributed by atoms with van der Waals surface area (Å²) < 4.78 is 38.5. The number of amides is 1. The Morgan fingerprint density at radius 1 is 0.431 bits per heavy atom. The van der Waals surface area contributed by atoms with Gasteiger partial charge in [-0.1, -0.05) is 38.5 Å². The highest BCUT2D eigenvalue weighted by Gasteiger charge is 2.34. The number of ether oxygens (including phenoxy) is 7. The number of unbranched alkanes of at least 4 members (excludes halogenated alkanes) is 7. The van der Waals surface area contributed by atoms with E-state index in [4.69, 9.17) is 28.4 Å². The molecule has 0 heterocycles. The highest BCUT2D eigenvalue weighted by atomic mass is 16.6. The normalized spacial score (nSPS) is 12.3. The fourth-order valence-electron chi connectivity index (χ4n) is 4.76. The van der Waals surface area contributed by atoms with E-state index in [1.807, 2.05) is 0 Å². The molecule has 0 spiro atoms. The molecule has 0 fully saturated rings. The Balaban J connectivity index is 5.42. The molecule has 0 radical (unpaired) electrons. The van der Waals surface area contributed by atoms with Gasteiger partial charge in [0.25, 0.3) is 0 Å². The highest BCUT2D eigenvalue weighted by Crippen LogP contribution is 2.16. The standard InChI is InChI=1S/C38H69NO12/c1-35(2,3)49-32(42)21-24-46-27-38(28-47-25-22-33(43)50-36(4,5)6,29-48-26-23-34(44)51-37(7,8)9)39-30(40)19-17-15-13-11-12-14-16-18-20-31(41)45-10/h11-29H2,1-10H3,(H,39,40). The average Bonchev–Trinajstić information content (AvgIpc) is 2.98. The molecule has 0 saturated carbocycles. The van der Waals surface area contributed by atoms with E-state index in [-0.39, 0.29) is 77.2 Å². The molecule has 0 unspecified atom stereocenters. The zero-order valence-electron chi connectivity index (χ0n) is 33.3. The molecule has 0 aromatic carbocycles. The minimum atomic E-state index is -1.18. The van der Waals surface area contributed by atoms with Crippen LogP contribution >= 0.6 is 0 Å². The van der Waals surface area contributed by atoms with Crippen LogP contribution in [0.25, 0.3) is 0 Å². The summed E-state index contributed by atoms with van der Waals surface area (Å²) >= 11 is 0. The molecule has 0 aliphatic carbocycles. The summed E-state index contributed by atoms with van der Waals surface area (Å²) in [6.45, 7) is 16.0. The smallest absolute Gasteiger partial charge is 0.308 e. The van der Waals surface area contributed by atoms with Gasteiger partial charge in [-0.3, -0.25) is 24.0 Å². The van der Waals surface area contributed by atoms with Crippen molar-refractivity contribution in [1.29, 1.82) is 0 Å². The lowest BCUT2D eigenvalue weighted by Gasteiger charge is -2.34. The van der Waals surface area contributed by atoms with Gasteiger partial charge in [-0.2, -0.15) is 0 Å². The molecular formula is C38H69NO12. The van der Waals surface area contributed by atoms with E-state index in [2.05, 4.69) is 10.1 Å². The fourth-order valence-corrected chi connectivity index (χ4v) is 4.76. The van der Waals surface area contributed by atoms with Crippen LogP contribution in [-0.2, 0) is 57.1 Å². The van der Waals surface area contributed by atoms with Crippen molar-refractivity contribution < 1.29 is 57.1 Å². The van der Waals surface area contributed by atoms with Crippen LogP contribution in [0.2, 0.25) is 0 Å². The van der Waals surface area contributed by atoms with Crippen molar-refractivity contribution in [3.05, 3.63) is 0 Å². The molecule has 0 aromatic heterocycles. The Kier molecular flexibility index (Phi) is 23.9. The van der Waals surface area contributed by atoms with Crippen molar-refractivity contribution in [2.45, 2.75) is 168 Å². The van der Waals surface area contributed by atoms with Gasteiger partial charge in [0.15, 0.2) is 0 Å². The third-order valence-electron chi connectivity index (χ3n) is 6.91. The molecule has 298 valence electrons. The van der Waals surface area contributed by atoms with Crippen molar-refractivity contribution in [3.63, 3.8) is 0 Å². The first-order valence-corrected chi connectivity index (χ1v) is 18.4. The summed E-state index contributed by atoms with van der Waals surface area (Å²) in [6.07, 6.45) is 8.28. The van der Waals surface area contributed by atoms with Crippen molar-refractivity contribution in [3.8, 4) is 0 Å². The van der Waals surface area contributed by atoms with Gasteiger partial charge in [0.1, 0.15) is 22.3 Å². The monoisotopic (exact) mass is 731 g/mol. The number of rotatable bonds is 27. The Morgan fingerprint density at radius 2 is 0.745 bits per heavy atom. The van der Waals surface area contributed by atoms with Gasteiger partial charge in [0.2, 0.25) is 5.91 Å². The number of nitrogens with one attached hydrogen (secondary N) is 1. The molecule has 0 saturated heterocycles. The number of hydrogen-bond acceptors (Lipinski definition) is 12. The minimum absolute atomic E-state index is 0.00553. The van der Waals surface area contributed by atoms with Crippen LogP contribution < -0.4 is 5.32 Å². The van der Waals surface area contributed by atoms with Gasteiger partial charge >= 0.3 is 23.9 Å². The van der Waals surface area contributed by atoms with Gasteiger partial charge in [-0.15, -0.1) is 0 Å². The Labute approximate surface area is 306 Å². The van der Waals surface area contributed by atoms with E-state index in [0.29, 0.717) is 12.8 Å².